The van der Waals surface area contributed by atoms with Gasteiger partial charge in [0.05, 0.1) is 17.0 Å². The summed E-state index contributed by atoms with van der Waals surface area (Å²) in [5, 5.41) is 30.5. The van der Waals surface area contributed by atoms with Gasteiger partial charge in [-0.2, -0.15) is 15.2 Å². The quantitative estimate of drug-likeness (QED) is 0.329. The minimum atomic E-state index is -1.40. The fourth-order valence-corrected chi connectivity index (χ4v) is 4.70. The number of aromatic carboxylic acids is 1. The van der Waals surface area contributed by atoms with Crippen LogP contribution in [0.3, 0.4) is 0 Å². The van der Waals surface area contributed by atoms with E-state index in [9.17, 15) is 24.2 Å². The van der Waals surface area contributed by atoms with Crippen molar-refractivity contribution in [3.8, 4) is 16.9 Å². The number of carbonyl (C=O) groups is 2. The number of halogens is 1. The van der Waals surface area contributed by atoms with Gasteiger partial charge < -0.3 is 10.2 Å². The number of hydrogen-bond acceptors (Lipinski definition) is 6. The number of nitrogens with one attached hydrogen (secondary N) is 1. The van der Waals surface area contributed by atoms with Crippen LogP contribution in [0.25, 0.3) is 11.1 Å². The Bertz CT molecular complexity index is 1540. The number of rotatable bonds is 5. The molecular formula is C28H25FN4O4. The number of hydrogen-bond donors (Lipinski definition) is 3. The molecule has 3 aromatic carbocycles. The van der Waals surface area contributed by atoms with Gasteiger partial charge in [0.1, 0.15) is 17.3 Å². The Morgan fingerprint density at radius 3 is 2.59 bits per heavy atom. The molecule has 3 aromatic rings. The summed E-state index contributed by atoms with van der Waals surface area (Å²) in [6.07, 6.45) is 2.34. The lowest BCUT2D eigenvalue weighted by Gasteiger charge is -2.16. The second-order valence-electron chi connectivity index (χ2n) is 9.28. The van der Waals surface area contributed by atoms with Crippen LogP contribution in [0.5, 0.6) is 5.75 Å². The zero-order valence-electron chi connectivity index (χ0n) is 20.6. The molecule has 0 atom stereocenters. The Hall–Kier alpha value is -4.53. The molecule has 0 saturated carbocycles. The molecule has 0 saturated heterocycles. The van der Waals surface area contributed by atoms with E-state index in [-0.39, 0.29) is 11.5 Å². The van der Waals surface area contributed by atoms with Gasteiger partial charge in [0.25, 0.3) is 0 Å². The van der Waals surface area contributed by atoms with Crippen LogP contribution in [0.2, 0.25) is 0 Å². The van der Waals surface area contributed by atoms with E-state index in [1.54, 1.807) is 13.0 Å². The van der Waals surface area contributed by atoms with Crippen LogP contribution in [0.4, 0.5) is 15.8 Å². The van der Waals surface area contributed by atoms with E-state index in [4.69, 9.17) is 0 Å². The third kappa shape index (κ3) is 4.22. The average molecular weight is 501 g/mol. The van der Waals surface area contributed by atoms with Gasteiger partial charge in [-0.25, -0.2) is 9.18 Å². The highest BCUT2D eigenvalue weighted by molar-refractivity contribution is 6.71. The summed E-state index contributed by atoms with van der Waals surface area (Å²) in [5.41, 5.74) is 8.60. The first-order chi connectivity index (χ1) is 17.7. The van der Waals surface area contributed by atoms with E-state index in [2.05, 4.69) is 15.6 Å². The zero-order chi connectivity index (χ0) is 26.4. The van der Waals surface area contributed by atoms with E-state index in [1.165, 1.54) is 17.1 Å². The van der Waals surface area contributed by atoms with Crippen molar-refractivity contribution in [1.29, 1.82) is 0 Å². The molecule has 1 amide bonds. The monoisotopic (exact) mass is 500 g/mol. The van der Waals surface area contributed by atoms with E-state index in [1.807, 2.05) is 32.0 Å². The topological polar surface area (TPSA) is 115 Å². The van der Waals surface area contributed by atoms with Gasteiger partial charge in [0, 0.05) is 5.56 Å². The highest BCUT2D eigenvalue weighted by Gasteiger charge is 2.31. The summed E-state index contributed by atoms with van der Waals surface area (Å²) < 4.78 is 14.0. The maximum Gasteiger partial charge on any atom is 0.338 e. The molecule has 0 spiro atoms. The van der Waals surface area contributed by atoms with Crippen molar-refractivity contribution < 1.29 is 24.2 Å². The Labute approximate surface area is 212 Å². The van der Waals surface area contributed by atoms with E-state index >= 15 is 0 Å². The number of amides is 1. The van der Waals surface area contributed by atoms with Crippen LogP contribution >= 0.6 is 0 Å². The number of fused-ring (bicyclic) bond motifs is 1. The third-order valence-electron chi connectivity index (χ3n) is 6.88. The molecule has 37 heavy (non-hydrogen) atoms. The molecule has 0 radical (unpaired) electrons. The lowest BCUT2D eigenvalue weighted by Crippen LogP contribution is -2.28. The molecule has 1 aliphatic heterocycles. The molecule has 0 aromatic heterocycles. The van der Waals surface area contributed by atoms with Crippen LogP contribution in [-0.4, -0.2) is 33.5 Å². The molecular weight excluding hydrogens is 475 g/mol. The number of benzene rings is 3. The van der Waals surface area contributed by atoms with Crippen molar-refractivity contribution in [2.45, 2.75) is 40.0 Å². The van der Waals surface area contributed by atoms with E-state index < -0.39 is 23.3 Å². The number of hydrazone groups is 2. The van der Waals surface area contributed by atoms with Gasteiger partial charge >= 0.3 is 11.9 Å². The fraction of sp³-hybridized carbons (Fsp3) is 0.214. The van der Waals surface area contributed by atoms with Crippen molar-refractivity contribution in [2.24, 2.45) is 10.2 Å². The molecule has 3 N–H and O–H groups in total. The maximum absolute atomic E-state index is 14.0. The first kappa shape index (κ1) is 24.2. The van der Waals surface area contributed by atoms with Crippen LogP contribution in [0.1, 0.15) is 46.0 Å². The van der Waals surface area contributed by atoms with Crippen molar-refractivity contribution >= 4 is 34.7 Å². The van der Waals surface area contributed by atoms with Crippen molar-refractivity contribution in [3.05, 3.63) is 76.1 Å². The molecule has 1 aliphatic carbocycles. The van der Waals surface area contributed by atoms with Crippen molar-refractivity contribution in [1.82, 2.24) is 0 Å². The predicted molar refractivity (Wildman–Crippen MR) is 140 cm³/mol. The first-order valence-electron chi connectivity index (χ1n) is 11.9. The minimum absolute atomic E-state index is 0.115. The molecule has 188 valence electrons. The number of aryl methyl sites for hydroxylation is 3. The Morgan fingerprint density at radius 2 is 1.86 bits per heavy atom. The molecule has 0 unspecified atom stereocenters. The molecule has 8 nitrogen and oxygen atoms in total. The van der Waals surface area contributed by atoms with Crippen LogP contribution in [0, 0.1) is 19.7 Å². The Balaban J connectivity index is 1.52. The number of carboxylic acids is 1. The number of carbonyl (C=O) groups excluding carboxylic acids is 1. The summed E-state index contributed by atoms with van der Waals surface area (Å²) in [4.78, 5) is 24.6. The summed E-state index contributed by atoms with van der Waals surface area (Å²) in [6, 6.07) is 11.1. The normalized spacial score (nSPS) is 15.8. The van der Waals surface area contributed by atoms with E-state index in [0.717, 1.165) is 41.2 Å². The molecule has 0 bridgehead atoms. The summed E-state index contributed by atoms with van der Waals surface area (Å²) >= 11 is 0. The molecule has 2 aliphatic rings. The lowest BCUT2D eigenvalue weighted by molar-refractivity contribution is -0.112. The average Bonchev–Trinajstić information content (AvgIpc) is 3.44. The Kier molecular flexibility index (Phi) is 5.99. The van der Waals surface area contributed by atoms with Gasteiger partial charge in [0.15, 0.2) is 5.71 Å². The van der Waals surface area contributed by atoms with Crippen LogP contribution < -0.4 is 10.4 Å². The van der Waals surface area contributed by atoms with Crippen molar-refractivity contribution in [3.63, 3.8) is 0 Å². The number of phenolic OH excluding ortho intramolecular Hbond substituents is 1. The molecule has 1 heterocycles. The zero-order valence-corrected chi connectivity index (χ0v) is 20.6. The summed E-state index contributed by atoms with van der Waals surface area (Å²) in [5.74, 6) is -2.80. The predicted octanol–water partition coefficient (Wildman–Crippen LogP) is 5.19. The number of nitrogens with zero attached hydrogens (tertiary/aromatic N) is 3. The first-order valence-corrected chi connectivity index (χ1v) is 11.9. The molecule has 5 rings (SSSR count). The number of carboxylic acid groups (broad SMARTS) is 1. The lowest BCUT2D eigenvalue weighted by atomic mass is 9.96. The van der Waals surface area contributed by atoms with Gasteiger partial charge in [-0.1, -0.05) is 12.1 Å². The second-order valence-corrected chi connectivity index (χ2v) is 9.28. The maximum atomic E-state index is 14.0. The number of anilines is 2. The van der Waals surface area contributed by atoms with Gasteiger partial charge in [-0.15, -0.1) is 0 Å². The second kappa shape index (κ2) is 9.16. The van der Waals surface area contributed by atoms with Crippen LogP contribution in [0.15, 0.2) is 52.7 Å². The minimum Gasteiger partial charge on any atom is -0.505 e. The largest absolute Gasteiger partial charge is 0.505 e. The highest BCUT2D eigenvalue weighted by atomic mass is 19.1. The smallest absolute Gasteiger partial charge is 0.338 e. The third-order valence-corrected chi connectivity index (χ3v) is 6.88. The van der Waals surface area contributed by atoms with Gasteiger partial charge in [-0.3, -0.25) is 10.2 Å². The number of aromatic hydroxyl groups is 1. The Morgan fingerprint density at radius 1 is 1.08 bits per heavy atom. The summed E-state index contributed by atoms with van der Waals surface area (Å²) in [7, 11) is 0. The standard InChI is InChI=1S/C28H25FN4O4/c1-14-7-9-19(11-15(14)2)33-27(35)24(16(3)32-33)30-31-25-20-6-4-5-17(20)12-21(26(25)34)18-8-10-23(29)22(13-18)28(36)37/h7-13,31,34H,4-6H2,1-3H3,(H,36,37)/b30-24-. The fourth-order valence-electron chi connectivity index (χ4n) is 4.70. The van der Waals surface area contributed by atoms with Gasteiger partial charge in [0.2, 0.25) is 0 Å². The van der Waals surface area contributed by atoms with E-state index in [0.29, 0.717) is 34.6 Å². The SMILES string of the molecule is CC1=NN(c2ccc(C)c(C)c2)C(=O)/C1=N\Nc1c(O)c(-c2ccc(F)c(C(=O)O)c2)cc2c1CCC2. The van der Waals surface area contributed by atoms with Crippen LogP contribution in [-0.2, 0) is 17.6 Å². The number of phenols is 1. The van der Waals surface area contributed by atoms with Crippen molar-refractivity contribution in [2.75, 3.05) is 10.4 Å². The summed E-state index contributed by atoms with van der Waals surface area (Å²) in [6.45, 7) is 5.64. The molecule has 9 heteroatoms. The highest BCUT2D eigenvalue weighted by Crippen LogP contribution is 2.43. The van der Waals surface area contributed by atoms with Gasteiger partial charge in [-0.05, 0) is 98.2 Å². The molecule has 0 fully saturated rings.